The Hall–Kier alpha value is -1.52. The minimum atomic E-state index is -0.236. The maximum absolute atomic E-state index is 12.2. The van der Waals surface area contributed by atoms with E-state index >= 15 is 0 Å². The molecular formula is C14H11BrClNO2. The van der Waals surface area contributed by atoms with Gasteiger partial charge < -0.3 is 10.1 Å². The molecule has 0 aliphatic rings. The summed E-state index contributed by atoms with van der Waals surface area (Å²) in [4.78, 5) is 12.2. The average Bonchev–Trinajstić information content (AvgIpc) is 2.41. The lowest BCUT2D eigenvalue weighted by molar-refractivity contribution is 0.102. The zero-order valence-electron chi connectivity index (χ0n) is 10.1. The molecule has 1 amide bonds. The van der Waals surface area contributed by atoms with Crippen LogP contribution in [0, 0.1) is 0 Å². The van der Waals surface area contributed by atoms with Crippen LogP contribution in [0.15, 0.2) is 46.9 Å². The lowest BCUT2D eigenvalue weighted by atomic mass is 10.2. The van der Waals surface area contributed by atoms with Gasteiger partial charge in [0.25, 0.3) is 5.91 Å². The monoisotopic (exact) mass is 339 g/mol. The van der Waals surface area contributed by atoms with E-state index in [0.717, 1.165) is 4.47 Å². The minimum Gasteiger partial charge on any atom is -0.496 e. The molecule has 1 N–H and O–H groups in total. The van der Waals surface area contributed by atoms with Crippen LogP contribution in [0.4, 0.5) is 5.69 Å². The lowest BCUT2D eigenvalue weighted by Gasteiger charge is -2.10. The summed E-state index contributed by atoms with van der Waals surface area (Å²) in [6.45, 7) is 0. The van der Waals surface area contributed by atoms with Crippen molar-refractivity contribution in [3.63, 3.8) is 0 Å². The number of methoxy groups -OCH3 is 1. The molecule has 0 saturated carbocycles. The topological polar surface area (TPSA) is 38.3 Å². The van der Waals surface area contributed by atoms with Gasteiger partial charge >= 0.3 is 0 Å². The molecule has 0 unspecified atom stereocenters. The highest BCUT2D eigenvalue weighted by Gasteiger charge is 2.12. The Labute approximate surface area is 124 Å². The first-order valence-corrected chi connectivity index (χ1v) is 6.68. The molecule has 0 spiro atoms. The molecule has 0 radical (unpaired) electrons. The predicted molar refractivity (Wildman–Crippen MR) is 80.1 cm³/mol. The Balaban J connectivity index is 2.26. The molecule has 0 bridgehead atoms. The maximum atomic E-state index is 12.2. The molecule has 5 heteroatoms. The number of amides is 1. The molecular weight excluding hydrogens is 330 g/mol. The number of hydrogen-bond acceptors (Lipinski definition) is 2. The van der Waals surface area contributed by atoms with Gasteiger partial charge in [0.1, 0.15) is 5.75 Å². The van der Waals surface area contributed by atoms with Crippen LogP contribution in [0.25, 0.3) is 0 Å². The Morgan fingerprint density at radius 2 is 2.00 bits per heavy atom. The molecule has 98 valence electrons. The van der Waals surface area contributed by atoms with Crippen molar-refractivity contribution >= 4 is 39.1 Å². The third-order valence-electron chi connectivity index (χ3n) is 2.53. The molecule has 0 fully saturated rings. The van der Waals surface area contributed by atoms with Crippen molar-refractivity contribution in [2.24, 2.45) is 0 Å². The largest absolute Gasteiger partial charge is 0.496 e. The molecule has 19 heavy (non-hydrogen) atoms. The summed E-state index contributed by atoms with van der Waals surface area (Å²) in [5, 5.41) is 3.40. The molecule has 0 aliphatic carbocycles. The van der Waals surface area contributed by atoms with E-state index in [1.165, 1.54) is 7.11 Å². The van der Waals surface area contributed by atoms with Crippen LogP contribution in [0.5, 0.6) is 5.75 Å². The fraction of sp³-hybridized carbons (Fsp3) is 0.0714. The number of benzene rings is 2. The molecule has 0 heterocycles. The van der Waals surface area contributed by atoms with E-state index in [1.807, 2.05) is 6.07 Å². The first kappa shape index (κ1) is 13.9. The second-order valence-corrected chi connectivity index (χ2v) is 5.07. The number of ether oxygens (including phenoxy) is 1. The van der Waals surface area contributed by atoms with Crippen LogP contribution in [-0.2, 0) is 0 Å². The molecule has 2 aromatic rings. The fourth-order valence-corrected chi connectivity index (χ4v) is 2.39. The Morgan fingerprint density at radius 3 is 2.68 bits per heavy atom. The van der Waals surface area contributed by atoms with Crippen molar-refractivity contribution in [1.29, 1.82) is 0 Å². The summed E-state index contributed by atoms with van der Waals surface area (Å²) < 4.78 is 5.89. The van der Waals surface area contributed by atoms with Gasteiger partial charge in [0.15, 0.2) is 0 Å². The highest BCUT2D eigenvalue weighted by molar-refractivity contribution is 9.10. The van der Waals surface area contributed by atoms with E-state index < -0.39 is 0 Å². The SMILES string of the molecule is COc1ccccc1C(=O)Nc1ccc(Cl)cc1Br. The Morgan fingerprint density at radius 1 is 1.26 bits per heavy atom. The van der Waals surface area contributed by atoms with Gasteiger partial charge in [0, 0.05) is 9.50 Å². The van der Waals surface area contributed by atoms with Crippen LogP contribution in [0.2, 0.25) is 5.02 Å². The molecule has 0 aromatic heterocycles. The van der Waals surface area contributed by atoms with Crippen molar-refractivity contribution < 1.29 is 9.53 Å². The Bertz CT molecular complexity index is 616. The minimum absolute atomic E-state index is 0.236. The van der Waals surface area contributed by atoms with E-state index in [0.29, 0.717) is 22.0 Å². The van der Waals surface area contributed by atoms with Gasteiger partial charge in [-0.15, -0.1) is 0 Å². The summed E-state index contributed by atoms with van der Waals surface area (Å²) in [5.41, 5.74) is 1.13. The first-order valence-electron chi connectivity index (χ1n) is 5.51. The van der Waals surface area contributed by atoms with Gasteiger partial charge in [-0.2, -0.15) is 0 Å². The van der Waals surface area contributed by atoms with Gasteiger partial charge in [0.2, 0.25) is 0 Å². The van der Waals surface area contributed by atoms with Crippen molar-refractivity contribution in [3.05, 3.63) is 57.5 Å². The molecule has 0 saturated heterocycles. The van der Waals surface area contributed by atoms with Gasteiger partial charge in [-0.3, -0.25) is 4.79 Å². The van der Waals surface area contributed by atoms with Crippen LogP contribution in [-0.4, -0.2) is 13.0 Å². The van der Waals surface area contributed by atoms with Crippen LogP contribution < -0.4 is 10.1 Å². The van der Waals surface area contributed by atoms with E-state index in [-0.39, 0.29) is 5.91 Å². The lowest BCUT2D eigenvalue weighted by Crippen LogP contribution is -2.13. The van der Waals surface area contributed by atoms with Gasteiger partial charge in [0.05, 0.1) is 18.4 Å². The highest BCUT2D eigenvalue weighted by atomic mass is 79.9. The summed E-state index contributed by atoms with van der Waals surface area (Å²) >= 11 is 9.21. The van der Waals surface area contributed by atoms with Gasteiger partial charge in [-0.25, -0.2) is 0 Å². The zero-order valence-corrected chi connectivity index (χ0v) is 12.5. The molecule has 3 nitrogen and oxygen atoms in total. The van der Waals surface area contributed by atoms with E-state index in [4.69, 9.17) is 16.3 Å². The molecule has 0 aliphatic heterocycles. The van der Waals surface area contributed by atoms with Crippen molar-refractivity contribution in [2.75, 3.05) is 12.4 Å². The van der Waals surface area contributed by atoms with Crippen LogP contribution in [0.1, 0.15) is 10.4 Å². The van der Waals surface area contributed by atoms with E-state index in [1.54, 1.807) is 36.4 Å². The third kappa shape index (κ3) is 3.28. The summed E-state index contributed by atoms with van der Waals surface area (Å²) in [6, 6.07) is 12.2. The number of nitrogens with one attached hydrogen (secondary N) is 1. The van der Waals surface area contributed by atoms with Gasteiger partial charge in [-0.1, -0.05) is 23.7 Å². The normalized spacial score (nSPS) is 10.1. The summed E-state index contributed by atoms with van der Waals surface area (Å²) in [7, 11) is 1.53. The van der Waals surface area contributed by atoms with Crippen LogP contribution >= 0.6 is 27.5 Å². The third-order valence-corrected chi connectivity index (χ3v) is 3.42. The standard InChI is InChI=1S/C14H11BrClNO2/c1-19-13-5-3-2-4-10(13)14(18)17-12-7-6-9(16)8-11(12)15/h2-8H,1H3,(H,17,18). The summed E-state index contributed by atoms with van der Waals surface area (Å²) in [5.74, 6) is 0.297. The maximum Gasteiger partial charge on any atom is 0.259 e. The highest BCUT2D eigenvalue weighted by Crippen LogP contribution is 2.27. The first-order chi connectivity index (χ1) is 9.11. The number of hydrogen-bond donors (Lipinski definition) is 1. The number of halogens is 2. The second-order valence-electron chi connectivity index (χ2n) is 3.78. The number of carbonyl (C=O) groups excluding carboxylic acids is 1. The van der Waals surface area contributed by atoms with Crippen LogP contribution in [0.3, 0.4) is 0 Å². The fourth-order valence-electron chi connectivity index (χ4n) is 1.61. The smallest absolute Gasteiger partial charge is 0.259 e. The van der Waals surface area contributed by atoms with E-state index in [9.17, 15) is 4.79 Å². The van der Waals surface area contributed by atoms with Gasteiger partial charge in [-0.05, 0) is 46.3 Å². The zero-order chi connectivity index (χ0) is 13.8. The van der Waals surface area contributed by atoms with Crippen molar-refractivity contribution in [1.82, 2.24) is 0 Å². The second kappa shape index (κ2) is 6.08. The molecule has 0 atom stereocenters. The average molecular weight is 341 g/mol. The van der Waals surface area contributed by atoms with Crippen molar-refractivity contribution in [2.45, 2.75) is 0 Å². The number of carbonyl (C=O) groups is 1. The summed E-state index contributed by atoms with van der Waals surface area (Å²) in [6.07, 6.45) is 0. The number of para-hydroxylation sites is 1. The predicted octanol–water partition coefficient (Wildman–Crippen LogP) is 4.36. The number of anilines is 1. The molecule has 2 rings (SSSR count). The Kier molecular flexibility index (Phi) is 4.45. The molecule has 2 aromatic carbocycles. The quantitative estimate of drug-likeness (QED) is 0.901. The van der Waals surface area contributed by atoms with Crippen molar-refractivity contribution in [3.8, 4) is 5.75 Å². The number of rotatable bonds is 3. The van der Waals surface area contributed by atoms with E-state index in [2.05, 4.69) is 21.2 Å².